The molecule has 2 heteroatoms. The van der Waals surface area contributed by atoms with Crippen LogP contribution in [-0.4, -0.2) is 16.1 Å². The second-order valence-electron chi connectivity index (χ2n) is 7.92. The predicted octanol–water partition coefficient (Wildman–Crippen LogP) is 3.37. The molecule has 0 aromatic heterocycles. The van der Waals surface area contributed by atoms with E-state index in [0.29, 0.717) is 5.41 Å². The Morgan fingerprint density at radius 1 is 0.941 bits per heavy atom. The fraction of sp³-hybridized carbons (Fsp3) is 0.600. The summed E-state index contributed by atoms with van der Waals surface area (Å²) in [6.07, 6.45) is 0. The van der Waals surface area contributed by atoms with Gasteiger partial charge in [0.2, 0.25) is 0 Å². The van der Waals surface area contributed by atoms with Gasteiger partial charge in [-0.1, -0.05) is 81.2 Å². The molecule has 0 aliphatic carbocycles. The van der Waals surface area contributed by atoms with Crippen molar-refractivity contribution in [3.05, 3.63) is 23.8 Å². The van der Waals surface area contributed by atoms with E-state index in [9.17, 15) is 0 Å². The lowest BCUT2D eigenvalue weighted by Crippen LogP contribution is -2.48. The van der Waals surface area contributed by atoms with Crippen molar-refractivity contribution in [2.24, 2.45) is 0 Å². The van der Waals surface area contributed by atoms with Gasteiger partial charge in [0.15, 0.2) is 0 Å². The van der Waals surface area contributed by atoms with Gasteiger partial charge in [0, 0.05) is 0 Å². The van der Waals surface area contributed by atoms with Crippen molar-refractivity contribution in [1.82, 2.24) is 0 Å². The molecule has 0 unspecified atom stereocenters. The van der Waals surface area contributed by atoms with Gasteiger partial charge >= 0.3 is 0 Å². The Morgan fingerprint density at radius 2 is 1.53 bits per heavy atom. The number of fused-ring (bicyclic) bond motifs is 1. The zero-order valence-electron chi connectivity index (χ0n) is 12.4. The molecule has 0 bridgehead atoms. The Morgan fingerprint density at radius 3 is 2.06 bits per heavy atom. The van der Waals surface area contributed by atoms with Crippen LogP contribution in [0.5, 0.6) is 0 Å². The largest absolute Gasteiger partial charge is 0.0786 e. The third-order valence-electron chi connectivity index (χ3n) is 4.16. The molecule has 1 aliphatic rings. The summed E-state index contributed by atoms with van der Waals surface area (Å²) in [6.45, 7) is 17.3. The topological polar surface area (TPSA) is 0 Å². The summed E-state index contributed by atoms with van der Waals surface area (Å²) < 4.78 is 0. The molecule has 1 aliphatic heterocycles. The normalized spacial score (nSPS) is 21.4. The van der Waals surface area contributed by atoms with Crippen LogP contribution in [-0.2, 0) is 5.41 Å². The lowest BCUT2D eigenvalue weighted by atomic mass is 9.87. The van der Waals surface area contributed by atoms with Crippen molar-refractivity contribution >= 4 is 26.5 Å². The third kappa shape index (κ3) is 2.06. The van der Waals surface area contributed by atoms with Crippen molar-refractivity contribution in [3.63, 3.8) is 0 Å². The second-order valence-corrected chi connectivity index (χ2v) is 17.9. The van der Waals surface area contributed by atoms with Crippen molar-refractivity contribution in [1.29, 1.82) is 0 Å². The van der Waals surface area contributed by atoms with Crippen LogP contribution in [0.2, 0.25) is 31.9 Å². The SMILES string of the molecule is CC(C)(C)c1cccc2c1[Si](C)(C)C[Si]2(C)C. The molecule has 0 saturated carbocycles. The molecule has 1 aromatic carbocycles. The number of benzene rings is 1. The van der Waals surface area contributed by atoms with Gasteiger partial charge in [-0.25, -0.2) is 0 Å². The molecule has 17 heavy (non-hydrogen) atoms. The minimum atomic E-state index is -1.19. The van der Waals surface area contributed by atoms with Gasteiger partial charge in [0.25, 0.3) is 0 Å². The summed E-state index contributed by atoms with van der Waals surface area (Å²) in [5.74, 6) is 0. The average Bonchev–Trinajstić information content (AvgIpc) is 2.31. The Labute approximate surface area is 108 Å². The molecule has 1 heterocycles. The Balaban J connectivity index is 2.75. The summed E-state index contributed by atoms with van der Waals surface area (Å²) in [7, 11) is -2.33. The van der Waals surface area contributed by atoms with Crippen LogP contribution in [0.4, 0.5) is 0 Å². The minimum Gasteiger partial charge on any atom is -0.0656 e. The standard InChI is InChI=1S/C15H26Si2/c1-15(2,3)12-9-8-10-13-14(12)17(6,7)11-16(13,4)5/h8-10H,11H2,1-7H3. The first-order chi connectivity index (χ1) is 7.56. The molecule has 94 valence electrons. The van der Waals surface area contributed by atoms with E-state index in [4.69, 9.17) is 0 Å². The van der Waals surface area contributed by atoms with Gasteiger partial charge in [-0.05, 0) is 11.0 Å². The van der Waals surface area contributed by atoms with Gasteiger partial charge in [-0.2, -0.15) is 0 Å². The Kier molecular flexibility index (Phi) is 2.76. The zero-order valence-corrected chi connectivity index (χ0v) is 14.4. The summed E-state index contributed by atoms with van der Waals surface area (Å²) in [6, 6.07) is 7.10. The maximum Gasteiger partial charge on any atom is 0.0786 e. The quantitative estimate of drug-likeness (QED) is 0.629. The highest BCUT2D eigenvalue weighted by Gasteiger charge is 2.46. The van der Waals surface area contributed by atoms with Gasteiger partial charge in [0.1, 0.15) is 0 Å². The zero-order chi connectivity index (χ0) is 13.1. The van der Waals surface area contributed by atoms with Crippen LogP contribution >= 0.6 is 0 Å². The van der Waals surface area contributed by atoms with E-state index in [0.717, 1.165) is 0 Å². The molecule has 2 rings (SSSR count). The maximum absolute atomic E-state index is 2.57. The van der Waals surface area contributed by atoms with Gasteiger partial charge in [0.05, 0.1) is 16.1 Å². The van der Waals surface area contributed by atoms with Crippen LogP contribution in [0.15, 0.2) is 18.2 Å². The summed E-state index contributed by atoms with van der Waals surface area (Å²) in [5, 5.41) is 3.57. The molecule has 0 saturated heterocycles. The van der Waals surface area contributed by atoms with E-state index >= 15 is 0 Å². The third-order valence-corrected chi connectivity index (χ3v) is 15.3. The molecule has 0 atom stereocenters. The molecule has 0 nitrogen and oxygen atoms in total. The molecule has 0 N–H and O–H groups in total. The van der Waals surface area contributed by atoms with Gasteiger partial charge in [-0.15, -0.1) is 0 Å². The highest BCUT2D eigenvalue weighted by molar-refractivity contribution is 7.14. The summed E-state index contributed by atoms with van der Waals surface area (Å²) in [4.78, 5) is 0. The van der Waals surface area contributed by atoms with Crippen LogP contribution in [0, 0.1) is 0 Å². The number of hydrogen-bond donors (Lipinski definition) is 0. The molecule has 0 spiro atoms. The predicted molar refractivity (Wildman–Crippen MR) is 84.2 cm³/mol. The summed E-state index contributed by atoms with van der Waals surface area (Å²) >= 11 is 0. The van der Waals surface area contributed by atoms with Gasteiger partial charge in [-0.3, -0.25) is 0 Å². The van der Waals surface area contributed by atoms with E-state index in [1.807, 2.05) is 5.19 Å². The molecule has 0 radical (unpaired) electrons. The Bertz CT molecular complexity index is 450. The molecule has 0 fully saturated rings. The first-order valence-electron chi connectivity index (χ1n) is 6.70. The smallest absolute Gasteiger partial charge is 0.0656 e. The van der Waals surface area contributed by atoms with E-state index in [1.165, 1.54) is 5.67 Å². The van der Waals surface area contributed by atoms with Crippen molar-refractivity contribution in [3.8, 4) is 0 Å². The lowest BCUT2D eigenvalue weighted by molar-refractivity contribution is 0.594. The first-order valence-corrected chi connectivity index (χ1v) is 13.1. The van der Waals surface area contributed by atoms with E-state index in [2.05, 4.69) is 65.2 Å². The lowest BCUT2D eigenvalue weighted by Gasteiger charge is -2.28. The van der Waals surface area contributed by atoms with E-state index < -0.39 is 16.1 Å². The Hall–Kier alpha value is -0.346. The monoisotopic (exact) mass is 262 g/mol. The molecular formula is C15H26Si2. The number of hydrogen-bond acceptors (Lipinski definition) is 0. The van der Waals surface area contributed by atoms with Crippen molar-refractivity contribution < 1.29 is 0 Å². The molecule has 0 amide bonds. The van der Waals surface area contributed by atoms with Crippen LogP contribution in [0.1, 0.15) is 26.3 Å². The fourth-order valence-corrected chi connectivity index (χ4v) is 19.5. The summed E-state index contributed by atoms with van der Waals surface area (Å²) in [5.41, 5.74) is 3.46. The fourth-order valence-electron chi connectivity index (χ4n) is 3.76. The van der Waals surface area contributed by atoms with Crippen molar-refractivity contribution in [2.75, 3.05) is 0 Å². The highest BCUT2D eigenvalue weighted by Crippen LogP contribution is 2.31. The van der Waals surface area contributed by atoms with E-state index in [1.54, 1.807) is 10.8 Å². The molecular weight excluding hydrogens is 236 g/mol. The number of rotatable bonds is 0. The van der Waals surface area contributed by atoms with Crippen LogP contribution < -0.4 is 10.4 Å². The van der Waals surface area contributed by atoms with Crippen LogP contribution in [0.3, 0.4) is 0 Å². The van der Waals surface area contributed by atoms with E-state index in [-0.39, 0.29) is 0 Å². The minimum absolute atomic E-state index is 0.296. The molecule has 1 aromatic rings. The van der Waals surface area contributed by atoms with Gasteiger partial charge < -0.3 is 0 Å². The van der Waals surface area contributed by atoms with Crippen molar-refractivity contribution in [2.45, 2.75) is 58.0 Å². The maximum atomic E-state index is 2.57. The second kappa shape index (κ2) is 3.58. The average molecular weight is 263 g/mol. The first kappa shape index (κ1) is 13.1. The van der Waals surface area contributed by atoms with Crippen LogP contribution in [0.25, 0.3) is 0 Å². The highest BCUT2D eigenvalue weighted by atomic mass is 28.4.